The second-order valence-corrected chi connectivity index (χ2v) is 3.28. The SMILES string of the molecule is C/C=C(/C(=O)OC)c1ccccc1COC. The molecule has 0 aliphatic carbocycles. The van der Waals surface area contributed by atoms with E-state index in [4.69, 9.17) is 9.47 Å². The Hall–Kier alpha value is -1.61. The average molecular weight is 220 g/mol. The first-order chi connectivity index (χ1) is 7.74. The summed E-state index contributed by atoms with van der Waals surface area (Å²) in [4.78, 5) is 11.6. The number of ether oxygens (including phenoxy) is 2. The molecule has 3 nitrogen and oxygen atoms in total. The van der Waals surface area contributed by atoms with E-state index < -0.39 is 0 Å². The molecule has 0 aliphatic rings. The second kappa shape index (κ2) is 6.08. The molecule has 0 amide bonds. The van der Waals surface area contributed by atoms with Gasteiger partial charge in [-0.25, -0.2) is 4.79 Å². The Balaban J connectivity index is 3.15. The molecule has 1 aromatic rings. The smallest absolute Gasteiger partial charge is 0.338 e. The Bertz CT molecular complexity index is 394. The van der Waals surface area contributed by atoms with Crippen molar-refractivity contribution in [2.24, 2.45) is 0 Å². The van der Waals surface area contributed by atoms with E-state index in [1.54, 1.807) is 13.2 Å². The van der Waals surface area contributed by atoms with Crippen LogP contribution in [0.5, 0.6) is 0 Å². The molecule has 0 fully saturated rings. The third-order valence-corrected chi connectivity index (χ3v) is 2.30. The number of methoxy groups -OCH3 is 2. The number of carbonyl (C=O) groups is 1. The second-order valence-electron chi connectivity index (χ2n) is 3.28. The molecular weight excluding hydrogens is 204 g/mol. The highest BCUT2D eigenvalue weighted by Gasteiger charge is 2.14. The minimum Gasteiger partial charge on any atom is -0.465 e. The predicted molar refractivity (Wildman–Crippen MR) is 62.8 cm³/mol. The van der Waals surface area contributed by atoms with Crippen molar-refractivity contribution in [1.29, 1.82) is 0 Å². The highest BCUT2D eigenvalue weighted by atomic mass is 16.5. The molecule has 1 rings (SSSR count). The lowest BCUT2D eigenvalue weighted by atomic mass is 10.00. The predicted octanol–water partition coefficient (Wildman–Crippen LogP) is 2.41. The zero-order valence-corrected chi connectivity index (χ0v) is 9.82. The van der Waals surface area contributed by atoms with E-state index in [-0.39, 0.29) is 5.97 Å². The van der Waals surface area contributed by atoms with Crippen LogP contribution in [0.2, 0.25) is 0 Å². The lowest BCUT2D eigenvalue weighted by Gasteiger charge is -2.10. The van der Waals surface area contributed by atoms with Crippen LogP contribution in [0.15, 0.2) is 30.3 Å². The van der Waals surface area contributed by atoms with Crippen LogP contribution in [0.3, 0.4) is 0 Å². The zero-order valence-electron chi connectivity index (χ0n) is 9.82. The van der Waals surface area contributed by atoms with E-state index in [2.05, 4.69) is 0 Å². The van der Waals surface area contributed by atoms with E-state index in [1.165, 1.54) is 7.11 Å². The van der Waals surface area contributed by atoms with Gasteiger partial charge in [-0.2, -0.15) is 0 Å². The number of carbonyl (C=O) groups excluding carboxylic acids is 1. The van der Waals surface area contributed by atoms with E-state index in [0.717, 1.165) is 11.1 Å². The van der Waals surface area contributed by atoms with Gasteiger partial charge >= 0.3 is 5.97 Å². The standard InChI is InChI=1S/C13H16O3/c1-4-11(13(14)16-3)12-8-6-5-7-10(12)9-15-2/h4-8H,9H2,1-3H3/b11-4+. The number of esters is 1. The van der Waals surface area contributed by atoms with Crippen LogP contribution in [0, 0.1) is 0 Å². The molecule has 0 N–H and O–H groups in total. The molecule has 0 aromatic heterocycles. The fourth-order valence-electron chi connectivity index (χ4n) is 1.56. The van der Waals surface area contributed by atoms with Crippen LogP contribution in [0.1, 0.15) is 18.1 Å². The molecule has 0 saturated heterocycles. The van der Waals surface area contributed by atoms with Crippen LogP contribution in [-0.4, -0.2) is 20.2 Å². The number of allylic oxidation sites excluding steroid dienone is 1. The first-order valence-corrected chi connectivity index (χ1v) is 5.06. The van der Waals surface area contributed by atoms with Gasteiger partial charge in [0.15, 0.2) is 0 Å². The first kappa shape index (κ1) is 12.5. The summed E-state index contributed by atoms with van der Waals surface area (Å²) in [7, 11) is 3.01. The van der Waals surface area contributed by atoms with Gasteiger partial charge in [0.25, 0.3) is 0 Å². The Morgan fingerprint density at radius 2 is 2.00 bits per heavy atom. The maximum absolute atomic E-state index is 11.6. The lowest BCUT2D eigenvalue weighted by Crippen LogP contribution is -2.06. The van der Waals surface area contributed by atoms with E-state index in [0.29, 0.717) is 12.2 Å². The Morgan fingerprint density at radius 1 is 1.31 bits per heavy atom. The Labute approximate surface area is 95.7 Å². The minimum absolute atomic E-state index is 0.328. The largest absolute Gasteiger partial charge is 0.465 e. The van der Waals surface area contributed by atoms with Crippen LogP contribution in [0.4, 0.5) is 0 Å². The summed E-state index contributed by atoms with van der Waals surface area (Å²) in [5.41, 5.74) is 2.40. The molecule has 3 heteroatoms. The third kappa shape index (κ3) is 2.70. The molecule has 0 heterocycles. The van der Waals surface area contributed by atoms with Gasteiger partial charge in [0, 0.05) is 7.11 Å². The maximum atomic E-state index is 11.6. The normalized spacial score (nSPS) is 11.3. The number of rotatable bonds is 4. The van der Waals surface area contributed by atoms with Crippen molar-refractivity contribution in [2.75, 3.05) is 14.2 Å². The van der Waals surface area contributed by atoms with Crippen LogP contribution < -0.4 is 0 Å². The van der Waals surface area contributed by atoms with Gasteiger partial charge < -0.3 is 9.47 Å². The van der Waals surface area contributed by atoms with E-state index in [1.807, 2.05) is 31.2 Å². The molecule has 0 bridgehead atoms. The summed E-state index contributed by atoms with van der Waals surface area (Å²) < 4.78 is 9.84. The highest BCUT2D eigenvalue weighted by molar-refractivity contribution is 6.16. The van der Waals surface area contributed by atoms with Crippen LogP contribution >= 0.6 is 0 Å². The summed E-state index contributed by atoms with van der Waals surface area (Å²) in [6.45, 7) is 2.29. The topological polar surface area (TPSA) is 35.5 Å². The molecule has 0 radical (unpaired) electrons. The van der Waals surface area contributed by atoms with Gasteiger partial charge in [0.2, 0.25) is 0 Å². The molecule has 0 atom stereocenters. The van der Waals surface area contributed by atoms with Gasteiger partial charge in [-0.05, 0) is 18.1 Å². The molecule has 16 heavy (non-hydrogen) atoms. The van der Waals surface area contributed by atoms with Crippen LogP contribution in [-0.2, 0) is 20.9 Å². The quantitative estimate of drug-likeness (QED) is 0.577. The van der Waals surface area contributed by atoms with Crippen molar-refractivity contribution >= 4 is 11.5 Å². The molecule has 0 saturated carbocycles. The number of benzene rings is 1. The van der Waals surface area contributed by atoms with Crippen molar-refractivity contribution in [3.05, 3.63) is 41.5 Å². The highest BCUT2D eigenvalue weighted by Crippen LogP contribution is 2.21. The monoisotopic (exact) mass is 220 g/mol. The van der Waals surface area contributed by atoms with Crippen molar-refractivity contribution in [3.63, 3.8) is 0 Å². The van der Waals surface area contributed by atoms with E-state index in [9.17, 15) is 4.79 Å². The first-order valence-electron chi connectivity index (χ1n) is 5.06. The number of hydrogen-bond donors (Lipinski definition) is 0. The van der Waals surface area contributed by atoms with Crippen molar-refractivity contribution in [1.82, 2.24) is 0 Å². The van der Waals surface area contributed by atoms with Crippen molar-refractivity contribution < 1.29 is 14.3 Å². The molecule has 1 aromatic carbocycles. The molecule has 0 unspecified atom stereocenters. The van der Waals surface area contributed by atoms with Crippen LogP contribution in [0.25, 0.3) is 5.57 Å². The molecular formula is C13H16O3. The van der Waals surface area contributed by atoms with Gasteiger partial charge in [0.1, 0.15) is 0 Å². The lowest BCUT2D eigenvalue weighted by molar-refractivity contribution is -0.133. The summed E-state index contributed by atoms with van der Waals surface area (Å²) in [6.07, 6.45) is 1.75. The average Bonchev–Trinajstić information content (AvgIpc) is 2.32. The van der Waals surface area contributed by atoms with Gasteiger partial charge in [-0.15, -0.1) is 0 Å². The minimum atomic E-state index is -0.328. The van der Waals surface area contributed by atoms with Gasteiger partial charge in [-0.3, -0.25) is 0 Å². The molecule has 86 valence electrons. The van der Waals surface area contributed by atoms with E-state index >= 15 is 0 Å². The summed E-state index contributed by atoms with van der Waals surface area (Å²) >= 11 is 0. The van der Waals surface area contributed by atoms with Crippen molar-refractivity contribution in [2.45, 2.75) is 13.5 Å². The number of hydrogen-bond acceptors (Lipinski definition) is 3. The Kier molecular flexibility index (Phi) is 4.73. The van der Waals surface area contributed by atoms with Gasteiger partial charge in [-0.1, -0.05) is 30.3 Å². The molecule has 0 aliphatic heterocycles. The Morgan fingerprint density at radius 3 is 2.56 bits per heavy atom. The summed E-state index contributed by atoms with van der Waals surface area (Å²) in [5.74, 6) is -0.328. The van der Waals surface area contributed by atoms with Gasteiger partial charge in [0.05, 0.1) is 19.3 Å². The summed E-state index contributed by atoms with van der Waals surface area (Å²) in [5, 5.41) is 0. The maximum Gasteiger partial charge on any atom is 0.338 e. The molecule has 0 spiro atoms. The van der Waals surface area contributed by atoms with Crippen molar-refractivity contribution in [3.8, 4) is 0 Å². The zero-order chi connectivity index (χ0) is 12.0. The fraction of sp³-hybridized carbons (Fsp3) is 0.308. The fourth-order valence-corrected chi connectivity index (χ4v) is 1.56. The third-order valence-electron chi connectivity index (χ3n) is 2.30. The summed E-state index contributed by atoms with van der Waals surface area (Å²) in [6, 6.07) is 7.63.